The lowest BCUT2D eigenvalue weighted by Crippen LogP contribution is -2.07. The molecule has 0 aliphatic carbocycles. The summed E-state index contributed by atoms with van der Waals surface area (Å²) >= 11 is 1.68. The number of aryl methyl sites for hydroxylation is 1. The zero-order chi connectivity index (χ0) is 12.5. The summed E-state index contributed by atoms with van der Waals surface area (Å²) in [6, 6.07) is 2.02. The summed E-state index contributed by atoms with van der Waals surface area (Å²) in [7, 11) is 2.00. The Morgan fingerprint density at radius 1 is 1.44 bits per heavy atom. The van der Waals surface area contributed by atoms with Gasteiger partial charge < -0.3 is 15.0 Å². The van der Waals surface area contributed by atoms with E-state index < -0.39 is 0 Å². The van der Waals surface area contributed by atoms with Crippen LogP contribution >= 0.6 is 11.3 Å². The summed E-state index contributed by atoms with van der Waals surface area (Å²) in [5, 5.41) is 14.1. The number of hydrogen-bond acceptors (Lipinski definition) is 5. The topological polar surface area (TPSA) is 63.0 Å². The van der Waals surface area contributed by atoms with Gasteiger partial charge in [-0.15, -0.1) is 11.3 Å². The maximum atomic E-state index is 8.79. The van der Waals surface area contributed by atoms with Crippen molar-refractivity contribution in [2.75, 3.05) is 18.5 Å². The summed E-state index contributed by atoms with van der Waals surface area (Å²) in [6.45, 7) is 0.905. The van der Waals surface area contributed by atoms with Crippen LogP contribution in [0.4, 0.5) is 5.95 Å². The van der Waals surface area contributed by atoms with Crippen molar-refractivity contribution in [1.82, 2.24) is 14.5 Å². The molecule has 0 bridgehead atoms. The van der Waals surface area contributed by atoms with Gasteiger partial charge in [0, 0.05) is 20.2 Å². The highest BCUT2D eigenvalue weighted by atomic mass is 32.1. The van der Waals surface area contributed by atoms with Crippen molar-refractivity contribution in [3.05, 3.63) is 17.6 Å². The largest absolute Gasteiger partial charge is 0.396 e. The molecule has 0 aromatic carbocycles. The van der Waals surface area contributed by atoms with Crippen molar-refractivity contribution in [1.29, 1.82) is 0 Å². The first kappa shape index (κ1) is 11.4. The van der Waals surface area contributed by atoms with Gasteiger partial charge in [0.15, 0.2) is 0 Å². The molecular formula is C12H14N4OS. The minimum absolute atomic E-state index is 0.188. The Labute approximate surface area is 108 Å². The van der Waals surface area contributed by atoms with Crippen LogP contribution in [0.5, 0.6) is 0 Å². The Morgan fingerprint density at radius 3 is 3.17 bits per heavy atom. The third kappa shape index (κ3) is 1.74. The van der Waals surface area contributed by atoms with Crippen LogP contribution in [0.2, 0.25) is 0 Å². The van der Waals surface area contributed by atoms with E-state index in [1.165, 1.54) is 0 Å². The number of aliphatic hydroxyl groups is 1. The minimum atomic E-state index is 0.188. The minimum Gasteiger partial charge on any atom is -0.396 e. The van der Waals surface area contributed by atoms with Gasteiger partial charge >= 0.3 is 0 Å². The Balaban J connectivity index is 2.09. The summed E-state index contributed by atoms with van der Waals surface area (Å²) in [5.74, 6) is 0.821. The summed E-state index contributed by atoms with van der Waals surface area (Å²) in [6.07, 6.45) is 2.53. The lowest BCUT2D eigenvalue weighted by atomic mass is 10.3. The first-order valence-electron chi connectivity index (χ1n) is 5.84. The third-order valence-electron chi connectivity index (χ3n) is 2.93. The van der Waals surface area contributed by atoms with Crippen LogP contribution in [0.1, 0.15) is 6.42 Å². The van der Waals surface area contributed by atoms with Gasteiger partial charge in [0.25, 0.3) is 0 Å². The maximum Gasteiger partial charge on any atom is 0.203 e. The monoisotopic (exact) mass is 262 g/mol. The van der Waals surface area contributed by atoms with Gasteiger partial charge in [-0.05, 0) is 17.9 Å². The van der Waals surface area contributed by atoms with Crippen molar-refractivity contribution < 1.29 is 5.11 Å². The van der Waals surface area contributed by atoms with E-state index in [-0.39, 0.29) is 6.61 Å². The fourth-order valence-electron chi connectivity index (χ4n) is 2.03. The lowest BCUT2D eigenvalue weighted by Gasteiger charge is -2.04. The molecule has 5 nitrogen and oxygen atoms in total. The molecule has 0 radical (unpaired) electrons. The molecule has 3 rings (SSSR count). The fraction of sp³-hybridized carbons (Fsp3) is 0.333. The molecule has 0 unspecified atom stereocenters. The molecule has 18 heavy (non-hydrogen) atoms. The molecule has 0 atom stereocenters. The molecule has 0 amide bonds. The lowest BCUT2D eigenvalue weighted by molar-refractivity contribution is 0.292. The number of aliphatic hydroxyl groups excluding tert-OH is 1. The van der Waals surface area contributed by atoms with Gasteiger partial charge in [-0.25, -0.2) is 4.98 Å². The molecule has 6 heteroatoms. The number of nitrogens with zero attached hydrogens (tertiary/aromatic N) is 3. The van der Waals surface area contributed by atoms with Crippen LogP contribution in [0.25, 0.3) is 21.3 Å². The van der Waals surface area contributed by atoms with Gasteiger partial charge in [-0.2, -0.15) is 0 Å². The second kappa shape index (κ2) is 4.55. The summed E-state index contributed by atoms with van der Waals surface area (Å²) < 4.78 is 3.21. The molecule has 0 aliphatic heterocycles. The van der Waals surface area contributed by atoms with Crippen LogP contribution in [-0.2, 0) is 7.05 Å². The number of rotatable bonds is 4. The van der Waals surface area contributed by atoms with Crippen molar-refractivity contribution in [3.63, 3.8) is 0 Å². The molecule has 3 aromatic rings. The number of aromatic nitrogens is 3. The Hall–Kier alpha value is -1.66. The van der Waals surface area contributed by atoms with Crippen LogP contribution in [0, 0.1) is 0 Å². The standard InChI is InChI=1S/C12H14N4OS/c1-16-10-9(15-12(16)13-4-2-5-17)7-14-8-3-6-18-11(8)10/h3,6-7,17H,2,4-5H2,1H3,(H,13,15). The van der Waals surface area contributed by atoms with Gasteiger partial charge in [0.1, 0.15) is 5.52 Å². The summed E-state index contributed by atoms with van der Waals surface area (Å²) in [5.41, 5.74) is 3.03. The zero-order valence-corrected chi connectivity index (χ0v) is 10.9. The molecule has 0 fully saturated rings. The number of hydrogen-bond donors (Lipinski definition) is 2. The van der Waals surface area contributed by atoms with Crippen LogP contribution in [0.15, 0.2) is 17.6 Å². The number of pyridine rings is 1. The number of anilines is 1. The van der Waals surface area contributed by atoms with Gasteiger partial charge in [-0.3, -0.25) is 4.98 Å². The number of fused-ring (bicyclic) bond motifs is 3. The first-order chi connectivity index (χ1) is 8.81. The first-order valence-corrected chi connectivity index (χ1v) is 6.72. The van der Waals surface area contributed by atoms with Gasteiger partial charge in [0.2, 0.25) is 5.95 Å². The van der Waals surface area contributed by atoms with Gasteiger partial charge in [-0.1, -0.05) is 0 Å². The van der Waals surface area contributed by atoms with Crippen LogP contribution in [-0.4, -0.2) is 32.8 Å². The molecule has 0 spiro atoms. The predicted octanol–water partition coefficient (Wildman–Crippen LogP) is 1.98. The Morgan fingerprint density at radius 2 is 2.33 bits per heavy atom. The van der Waals surface area contributed by atoms with Crippen molar-refractivity contribution in [3.8, 4) is 0 Å². The van der Waals surface area contributed by atoms with E-state index in [2.05, 4.69) is 15.3 Å². The van der Waals surface area contributed by atoms with E-state index in [0.29, 0.717) is 6.54 Å². The molecule has 3 heterocycles. The molecule has 3 aromatic heterocycles. The second-order valence-corrected chi connectivity index (χ2v) is 5.04. The fourth-order valence-corrected chi connectivity index (χ4v) is 2.96. The molecule has 0 saturated carbocycles. The van der Waals surface area contributed by atoms with Crippen LogP contribution in [0.3, 0.4) is 0 Å². The highest BCUT2D eigenvalue weighted by Crippen LogP contribution is 2.29. The van der Waals surface area contributed by atoms with Crippen molar-refractivity contribution >= 4 is 38.5 Å². The average molecular weight is 262 g/mol. The number of thiophene rings is 1. The predicted molar refractivity (Wildman–Crippen MR) is 74.1 cm³/mol. The average Bonchev–Trinajstić information content (AvgIpc) is 2.95. The highest BCUT2D eigenvalue weighted by molar-refractivity contribution is 7.18. The third-order valence-corrected chi connectivity index (χ3v) is 3.84. The molecule has 0 saturated heterocycles. The Bertz CT molecular complexity index is 688. The second-order valence-electron chi connectivity index (χ2n) is 4.13. The summed E-state index contributed by atoms with van der Waals surface area (Å²) in [4.78, 5) is 8.92. The van der Waals surface area contributed by atoms with Crippen molar-refractivity contribution in [2.45, 2.75) is 6.42 Å². The molecular weight excluding hydrogens is 248 g/mol. The molecule has 94 valence electrons. The van der Waals surface area contributed by atoms with Crippen molar-refractivity contribution in [2.24, 2.45) is 7.05 Å². The van der Waals surface area contributed by atoms with E-state index in [4.69, 9.17) is 5.11 Å². The zero-order valence-electron chi connectivity index (χ0n) is 10.1. The smallest absolute Gasteiger partial charge is 0.203 e. The molecule has 0 aliphatic rings. The van der Waals surface area contributed by atoms with E-state index in [1.54, 1.807) is 11.3 Å². The van der Waals surface area contributed by atoms with E-state index in [0.717, 1.165) is 33.6 Å². The number of imidazole rings is 1. The number of nitrogens with one attached hydrogen (secondary N) is 1. The van der Waals surface area contributed by atoms with E-state index in [9.17, 15) is 0 Å². The van der Waals surface area contributed by atoms with E-state index in [1.807, 2.05) is 29.3 Å². The van der Waals surface area contributed by atoms with Gasteiger partial charge in [0.05, 0.1) is 21.9 Å². The maximum absolute atomic E-state index is 8.79. The SMILES string of the molecule is Cn1c(NCCCO)nc2cnc3ccsc3c21. The molecule has 2 N–H and O–H groups in total. The quantitative estimate of drug-likeness (QED) is 0.706. The Kier molecular flexibility index (Phi) is 2.89. The van der Waals surface area contributed by atoms with E-state index >= 15 is 0 Å². The normalized spacial score (nSPS) is 11.4. The highest BCUT2D eigenvalue weighted by Gasteiger charge is 2.11. The van der Waals surface area contributed by atoms with Crippen LogP contribution < -0.4 is 5.32 Å².